The summed E-state index contributed by atoms with van der Waals surface area (Å²) in [5, 5.41) is 14.7. The van der Waals surface area contributed by atoms with Crippen molar-refractivity contribution in [2.45, 2.75) is 6.92 Å². The molecule has 0 saturated heterocycles. The first-order valence-electron chi connectivity index (χ1n) is 3.11. The average Bonchev–Trinajstić information content (AvgIpc) is 2.31. The zero-order valence-corrected chi connectivity index (χ0v) is 6.03. The molecule has 2 N–H and O–H groups in total. The molecule has 11 heavy (non-hydrogen) atoms. The molecule has 0 aromatic carbocycles. The molecular weight excluding hydrogens is 144 g/mol. The van der Waals surface area contributed by atoms with Gasteiger partial charge in [0, 0.05) is 17.3 Å². The van der Waals surface area contributed by atoms with Crippen LogP contribution in [0.15, 0.2) is 12.3 Å². The van der Waals surface area contributed by atoms with Crippen LogP contribution in [0, 0.1) is 6.92 Å². The van der Waals surface area contributed by atoms with Gasteiger partial charge in [0.05, 0.1) is 6.20 Å². The van der Waals surface area contributed by atoms with E-state index >= 15 is 0 Å². The molecule has 1 rings (SSSR count). The highest BCUT2D eigenvalue weighted by Gasteiger charge is 1.94. The van der Waals surface area contributed by atoms with Crippen molar-refractivity contribution in [3.8, 4) is 0 Å². The van der Waals surface area contributed by atoms with Gasteiger partial charge in [0.25, 0.3) is 0 Å². The lowest BCUT2D eigenvalue weighted by Crippen LogP contribution is -1.85. The molecule has 0 bridgehead atoms. The lowest BCUT2D eigenvalue weighted by molar-refractivity contribution is -0.131. The summed E-state index contributed by atoms with van der Waals surface area (Å²) in [6, 6.07) is 0. The van der Waals surface area contributed by atoms with Crippen LogP contribution in [0.1, 0.15) is 11.3 Å². The molecule has 58 valence electrons. The maximum atomic E-state index is 10.1. The fourth-order valence-corrected chi connectivity index (χ4v) is 0.689. The minimum absolute atomic E-state index is 0.799. The first kappa shape index (κ1) is 7.53. The van der Waals surface area contributed by atoms with Crippen molar-refractivity contribution in [1.29, 1.82) is 0 Å². The summed E-state index contributed by atoms with van der Waals surface area (Å²) in [7, 11) is 0. The van der Waals surface area contributed by atoms with Crippen LogP contribution >= 0.6 is 0 Å². The largest absolute Gasteiger partial charge is 0.478 e. The average molecular weight is 152 g/mol. The molecule has 1 aromatic rings. The molecule has 0 aliphatic rings. The van der Waals surface area contributed by atoms with E-state index in [1.165, 1.54) is 6.08 Å². The van der Waals surface area contributed by atoms with Gasteiger partial charge in [-0.15, -0.1) is 0 Å². The van der Waals surface area contributed by atoms with E-state index in [9.17, 15) is 4.79 Å². The zero-order chi connectivity index (χ0) is 8.27. The summed E-state index contributed by atoms with van der Waals surface area (Å²) in [5.41, 5.74) is 1.66. The Kier molecular flexibility index (Phi) is 2.06. The number of nitrogens with zero attached hydrogens (tertiary/aromatic N) is 1. The van der Waals surface area contributed by atoms with Crippen molar-refractivity contribution in [3.05, 3.63) is 23.5 Å². The highest BCUT2D eigenvalue weighted by Crippen LogP contribution is 2.03. The standard InChI is InChI=1S/C7H8N2O2/c1-5-6(4-8-9-5)2-3-7(10)11/h2-4H,1H3,(H,8,9)(H,10,11). The Hall–Kier alpha value is -1.58. The number of carboxylic acids is 1. The van der Waals surface area contributed by atoms with Gasteiger partial charge in [0.2, 0.25) is 0 Å². The number of hydrogen-bond acceptors (Lipinski definition) is 2. The second-order valence-corrected chi connectivity index (χ2v) is 2.12. The van der Waals surface area contributed by atoms with Crippen molar-refractivity contribution in [1.82, 2.24) is 10.2 Å². The van der Waals surface area contributed by atoms with Gasteiger partial charge < -0.3 is 5.11 Å². The minimum atomic E-state index is -0.953. The van der Waals surface area contributed by atoms with E-state index in [0.29, 0.717) is 0 Å². The number of rotatable bonds is 2. The van der Waals surface area contributed by atoms with Crippen LogP contribution in [-0.4, -0.2) is 21.3 Å². The lowest BCUT2D eigenvalue weighted by atomic mass is 10.2. The molecule has 0 fully saturated rings. The van der Waals surface area contributed by atoms with Gasteiger partial charge in [-0.05, 0) is 13.0 Å². The molecule has 1 heterocycles. The molecule has 0 amide bonds. The number of aromatic amines is 1. The molecule has 0 aliphatic carbocycles. The number of nitrogens with one attached hydrogen (secondary N) is 1. The van der Waals surface area contributed by atoms with E-state index in [1.807, 2.05) is 6.92 Å². The van der Waals surface area contributed by atoms with Crippen molar-refractivity contribution >= 4 is 12.0 Å². The van der Waals surface area contributed by atoms with E-state index < -0.39 is 5.97 Å². The Morgan fingerprint density at radius 2 is 2.55 bits per heavy atom. The third-order valence-electron chi connectivity index (χ3n) is 1.27. The molecule has 0 unspecified atom stereocenters. The summed E-state index contributed by atoms with van der Waals surface area (Å²) >= 11 is 0. The number of hydrogen-bond donors (Lipinski definition) is 2. The summed E-state index contributed by atoms with van der Waals surface area (Å²) in [5.74, 6) is -0.953. The molecule has 0 saturated carbocycles. The van der Waals surface area contributed by atoms with Crippen LogP contribution in [0.25, 0.3) is 6.08 Å². The Bertz CT molecular complexity index is 288. The Labute approximate surface area is 63.6 Å². The van der Waals surface area contributed by atoms with Gasteiger partial charge in [-0.25, -0.2) is 4.79 Å². The molecule has 0 spiro atoms. The first-order chi connectivity index (χ1) is 5.20. The third kappa shape index (κ3) is 1.93. The first-order valence-corrected chi connectivity index (χ1v) is 3.11. The summed E-state index contributed by atoms with van der Waals surface area (Å²) in [6.07, 6.45) is 4.16. The molecule has 0 atom stereocenters. The molecule has 0 aliphatic heterocycles. The topological polar surface area (TPSA) is 66.0 Å². The fourth-order valence-electron chi connectivity index (χ4n) is 0.689. The number of carboxylic acid groups (broad SMARTS) is 1. The van der Waals surface area contributed by atoms with Crippen LogP contribution in [-0.2, 0) is 4.79 Å². The number of aliphatic carboxylic acids is 1. The smallest absolute Gasteiger partial charge is 0.328 e. The van der Waals surface area contributed by atoms with Gasteiger partial charge in [-0.1, -0.05) is 0 Å². The Morgan fingerprint density at radius 3 is 3.00 bits per heavy atom. The maximum absolute atomic E-state index is 10.1. The zero-order valence-electron chi connectivity index (χ0n) is 6.03. The van der Waals surface area contributed by atoms with Gasteiger partial charge in [-0.3, -0.25) is 5.10 Å². The third-order valence-corrected chi connectivity index (χ3v) is 1.27. The summed E-state index contributed by atoms with van der Waals surface area (Å²) in [4.78, 5) is 10.1. The monoisotopic (exact) mass is 152 g/mol. The highest BCUT2D eigenvalue weighted by atomic mass is 16.4. The SMILES string of the molecule is Cc1[nH]ncc1C=CC(=O)O. The maximum Gasteiger partial charge on any atom is 0.328 e. The van der Waals surface area contributed by atoms with E-state index in [2.05, 4.69) is 10.2 Å². The van der Waals surface area contributed by atoms with Gasteiger partial charge >= 0.3 is 5.97 Å². The van der Waals surface area contributed by atoms with Crippen LogP contribution in [0.3, 0.4) is 0 Å². The minimum Gasteiger partial charge on any atom is -0.478 e. The van der Waals surface area contributed by atoms with Crippen molar-refractivity contribution in [2.24, 2.45) is 0 Å². The van der Waals surface area contributed by atoms with Gasteiger partial charge in [0.1, 0.15) is 0 Å². The number of carbonyl (C=O) groups is 1. The van der Waals surface area contributed by atoms with E-state index in [4.69, 9.17) is 5.11 Å². The quantitative estimate of drug-likeness (QED) is 0.616. The molecule has 1 aromatic heterocycles. The summed E-state index contributed by atoms with van der Waals surface area (Å²) < 4.78 is 0. The predicted octanol–water partition coefficient (Wildman–Crippen LogP) is 0.816. The Morgan fingerprint density at radius 1 is 1.82 bits per heavy atom. The number of H-pyrrole nitrogens is 1. The van der Waals surface area contributed by atoms with E-state index in [1.54, 1.807) is 6.20 Å². The van der Waals surface area contributed by atoms with Crippen LogP contribution in [0.2, 0.25) is 0 Å². The highest BCUT2D eigenvalue weighted by molar-refractivity contribution is 5.85. The molecule has 4 nitrogen and oxygen atoms in total. The fraction of sp³-hybridized carbons (Fsp3) is 0.143. The van der Waals surface area contributed by atoms with Crippen molar-refractivity contribution in [2.75, 3.05) is 0 Å². The van der Waals surface area contributed by atoms with E-state index in [0.717, 1.165) is 17.3 Å². The predicted molar refractivity (Wildman–Crippen MR) is 40.0 cm³/mol. The van der Waals surface area contributed by atoms with Crippen LogP contribution in [0.5, 0.6) is 0 Å². The van der Waals surface area contributed by atoms with Crippen molar-refractivity contribution in [3.63, 3.8) is 0 Å². The summed E-state index contributed by atoms with van der Waals surface area (Å²) in [6.45, 7) is 1.83. The molecule has 4 heteroatoms. The van der Waals surface area contributed by atoms with Crippen molar-refractivity contribution < 1.29 is 9.90 Å². The second kappa shape index (κ2) is 3.01. The van der Waals surface area contributed by atoms with Crippen LogP contribution in [0.4, 0.5) is 0 Å². The molecule has 0 radical (unpaired) electrons. The second-order valence-electron chi connectivity index (χ2n) is 2.12. The molecular formula is C7H8N2O2. The number of aryl methyl sites for hydroxylation is 1. The van der Waals surface area contributed by atoms with E-state index in [-0.39, 0.29) is 0 Å². The lowest BCUT2D eigenvalue weighted by Gasteiger charge is -1.84. The van der Waals surface area contributed by atoms with Crippen LogP contribution < -0.4 is 0 Å². The normalized spacial score (nSPS) is 10.6. The number of aromatic nitrogens is 2. The van der Waals surface area contributed by atoms with Gasteiger partial charge in [-0.2, -0.15) is 5.10 Å². The Balaban J connectivity index is 2.79. The van der Waals surface area contributed by atoms with Gasteiger partial charge in [0.15, 0.2) is 0 Å².